The highest BCUT2D eigenvalue weighted by molar-refractivity contribution is 6.30. The average Bonchev–Trinajstić information content (AvgIpc) is 3.08. The highest BCUT2D eigenvalue weighted by Gasteiger charge is 2.68. The molecule has 9 nitrogen and oxygen atoms in total. The Kier molecular flexibility index (Phi) is 5.48. The number of hydrogen-bond acceptors (Lipinski definition) is 5. The zero-order valence-electron chi connectivity index (χ0n) is 17.1. The number of fused-ring (bicyclic) bond motifs is 1. The van der Waals surface area contributed by atoms with E-state index in [1.807, 2.05) is 5.32 Å². The van der Waals surface area contributed by atoms with E-state index in [9.17, 15) is 32.3 Å². The van der Waals surface area contributed by atoms with E-state index in [0.717, 1.165) is 0 Å². The van der Waals surface area contributed by atoms with Gasteiger partial charge in [0.25, 0.3) is 22.9 Å². The van der Waals surface area contributed by atoms with E-state index in [1.54, 1.807) is 10.3 Å². The molecule has 4 rings (SSSR count). The van der Waals surface area contributed by atoms with Crippen LogP contribution in [0.15, 0.2) is 58.1 Å². The Balaban J connectivity index is 1.93. The fourth-order valence-electron chi connectivity index (χ4n) is 3.60. The van der Waals surface area contributed by atoms with Crippen molar-refractivity contribution in [2.24, 2.45) is 0 Å². The summed E-state index contributed by atoms with van der Waals surface area (Å²) in [5, 5.41) is 3.89. The fourth-order valence-corrected chi connectivity index (χ4v) is 3.73. The van der Waals surface area contributed by atoms with Crippen LogP contribution in [0.1, 0.15) is 15.9 Å². The number of alkyl halides is 3. The summed E-state index contributed by atoms with van der Waals surface area (Å²) in [5.74, 6) is -3.43. The monoisotopic (exact) mass is 494 g/mol. The van der Waals surface area contributed by atoms with Crippen LogP contribution < -0.4 is 26.6 Å². The van der Waals surface area contributed by atoms with Gasteiger partial charge in [-0.3, -0.25) is 19.4 Å². The number of anilines is 1. The first-order valence-electron chi connectivity index (χ1n) is 9.50. The van der Waals surface area contributed by atoms with Crippen molar-refractivity contribution in [2.75, 3.05) is 12.4 Å². The number of carbonyl (C=O) groups is 2. The number of nitrogens with zero attached hydrogens (tertiary/aromatic N) is 1. The highest BCUT2D eigenvalue weighted by Crippen LogP contribution is 2.45. The molecule has 1 aliphatic rings. The Morgan fingerprint density at radius 3 is 2.24 bits per heavy atom. The summed E-state index contributed by atoms with van der Waals surface area (Å²) in [6, 6.07) is 10.4. The number of nitrogens with one attached hydrogen (secondary N) is 3. The molecular formula is C21H14ClF3N4O5. The van der Waals surface area contributed by atoms with Gasteiger partial charge in [0.1, 0.15) is 17.1 Å². The quantitative estimate of drug-likeness (QED) is 0.514. The van der Waals surface area contributed by atoms with Crippen LogP contribution in [0.5, 0.6) is 5.75 Å². The number of hydrogen-bond donors (Lipinski definition) is 3. The lowest BCUT2D eigenvalue weighted by atomic mass is 9.91. The molecule has 176 valence electrons. The number of ether oxygens (including phenoxy) is 1. The number of H-pyrrole nitrogens is 1. The van der Waals surface area contributed by atoms with Crippen molar-refractivity contribution in [3.05, 3.63) is 85.5 Å². The van der Waals surface area contributed by atoms with E-state index >= 15 is 0 Å². The van der Waals surface area contributed by atoms with Gasteiger partial charge in [0, 0.05) is 10.6 Å². The maximum atomic E-state index is 14.5. The maximum absolute atomic E-state index is 14.5. The van der Waals surface area contributed by atoms with Gasteiger partial charge in [0.05, 0.1) is 12.8 Å². The van der Waals surface area contributed by atoms with E-state index in [2.05, 4.69) is 0 Å². The van der Waals surface area contributed by atoms with Crippen molar-refractivity contribution in [3.63, 3.8) is 0 Å². The molecule has 0 aliphatic carbocycles. The summed E-state index contributed by atoms with van der Waals surface area (Å²) in [6.07, 6.45) is -5.46. The number of aromatic nitrogens is 2. The summed E-state index contributed by atoms with van der Waals surface area (Å²) in [5.41, 5.74) is -7.76. The van der Waals surface area contributed by atoms with Gasteiger partial charge in [-0.1, -0.05) is 11.6 Å². The second-order valence-electron chi connectivity index (χ2n) is 7.18. The van der Waals surface area contributed by atoms with Crippen molar-refractivity contribution < 1.29 is 27.5 Å². The van der Waals surface area contributed by atoms with Crippen molar-refractivity contribution in [3.8, 4) is 11.4 Å². The number of halogens is 4. The van der Waals surface area contributed by atoms with Gasteiger partial charge in [-0.25, -0.2) is 9.36 Å². The Labute approximate surface area is 193 Å². The number of amides is 2. The molecule has 0 fully saturated rings. The van der Waals surface area contributed by atoms with Crippen LogP contribution >= 0.6 is 11.6 Å². The van der Waals surface area contributed by atoms with Gasteiger partial charge in [-0.2, -0.15) is 13.2 Å². The normalized spacial score (nSPS) is 17.1. The minimum absolute atomic E-state index is 0.0154. The van der Waals surface area contributed by atoms with Gasteiger partial charge in [0.2, 0.25) is 0 Å². The molecule has 3 N–H and O–H groups in total. The third-order valence-electron chi connectivity index (χ3n) is 5.22. The van der Waals surface area contributed by atoms with Crippen molar-refractivity contribution in [1.82, 2.24) is 14.9 Å². The van der Waals surface area contributed by atoms with E-state index in [4.69, 9.17) is 16.3 Å². The predicted molar refractivity (Wildman–Crippen MR) is 114 cm³/mol. The van der Waals surface area contributed by atoms with Crippen molar-refractivity contribution >= 4 is 29.2 Å². The zero-order chi connectivity index (χ0) is 24.8. The van der Waals surface area contributed by atoms with E-state index in [1.165, 1.54) is 55.6 Å². The minimum atomic E-state index is -5.46. The minimum Gasteiger partial charge on any atom is -0.497 e. The second-order valence-corrected chi connectivity index (χ2v) is 7.62. The van der Waals surface area contributed by atoms with E-state index in [0.29, 0.717) is 10.3 Å². The lowest BCUT2D eigenvalue weighted by Gasteiger charge is -2.30. The Hall–Kier alpha value is -4.06. The molecule has 0 unspecified atom stereocenters. The first-order valence-corrected chi connectivity index (χ1v) is 9.88. The summed E-state index contributed by atoms with van der Waals surface area (Å²) in [4.78, 5) is 52.5. The SMILES string of the molecule is COc1ccc(C(=O)N[C@@]2(C(F)(F)F)C(=O)Nc3c2c(=O)[nH]c(=O)n3-c2ccc(Cl)cc2)cc1. The van der Waals surface area contributed by atoms with Crippen LogP contribution in [-0.2, 0) is 10.3 Å². The second kappa shape index (κ2) is 8.06. The fraction of sp³-hybridized carbons (Fsp3) is 0.143. The molecule has 1 aromatic heterocycles. The molecule has 0 spiro atoms. The van der Waals surface area contributed by atoms with Crippen LogP contribution in [0.2, 0.25) is 5.02 Å². The summed E-state index contributed by atoms with van der Waals surface area (Å²) >= 11 is 5.83. The van der Waals surface area contributed by atoms with Gasteiger partial charge in [-0.15, -0.1) is 0 Å². The van der Waals surface area contributed by atoms with Gasteiger partial charge in [-0.05, 0) is 48.5 Å². The molecule has 34 heavy (non-hydrogen) atoms. The Morgan fingerprint density at radius 1 is 1.06 bits per heavy atom. The average molecular weight is 495 g/mol. The Morgan fingerprint density at radius 2 is 1.68 bits per heavy atom. The van der Waals surface area contributed by atoms with Crippen molar-refractivity contribution in [1.29, 1.82) is 0 Å². The molecule has 0 saturated heterocycles. The first kappa shape index (κ1) is 23.1. The number of methoxy groups -OCH3 is 1. The zero-order valence-corrected chi connectivity index (χ0v) is 17.9. The molecular weight excluding hydrogens is 481 g/mol. The lowest BCUT2D eigenvalue weighted by Crippen LogP contribution is -2.62. The predicted octanol–water partition coefficient (Wildman–Crippen LogP) is 2.33. The first-order chi connectivity index (χ1) is 16.0. The topological polar surface area (TPSA) is 122 Å². The lowest BCUT2D eigenvalue weighted by molar-refractivity contribution is -0.196. The largest absolute Gasteiger partial charge is 0.497 e. The number of benzene rings is 2. The van der Waals surface area contributed by atoms with Crippen LogP contribution in [-0.4, -0.2) is 34.7 Å². The smallest absolute Gasteiger partial charge is 0.425 e. The summed E-state index contributed by atoms with van der Waals surface area (Å²) in [6.45, 7) is 0. The van der Waals surface area contributed by atoms with Crippen LogP contribution in [0.25, 0.3) is 5.69 Å². The number of aromatic amines is 1. The molecule has 2 amide bonds. The standard InChI is InChI=1S/C21H14ClF3N4O5/c1-34-13-8-2-10(3-9-13)16(30)28-20(21(23,24)25)14-15(26-18(20)32)29(19(33)27-17(14)31)12-6-4-11(22)5-7-12/h2-9H,1H3,(H,26,32)(H,28,30)(H,27,31,33)/t20-/m1/s1. The number of rotatable bonds is 4. The third-order valence-corrected chi connectivity index (χ3v) is 5.47. The summed E-state index contributed by atoms with van der Waals surface area (Å²) < 4.78 is 49.0. The molecule has 3 aromatic rings. The molecule has 2 heterocycles. The van der Waals surface area contributed by atoms with Gasteiger partial charge < -0.3 is 15.4 Å². The molecule has 0 saturated carbocycles. The van der Waals surface area contributed by atoms with Gasteiger partial charge >= 0.3 is 11.9 Å². The molecule has 0 bridgehead atoms. The molecule has 13 heteroatoms. The summed E-state index contributed by atoms with van der Waals surface area (Å²) in [7, 11) is 1.36. The van der Waals surface area contributed by atoms with Gasteiger partial charge in [0.15, 0.2) is 0 Å². The number of carbonyl (C=O) groups excluding carboxylic acids is 2. The van der Waals surface area contributed by atoms with Crippen molar-refractivity contribution in [2.45, 2.75) is 11.7 Å². The van der Waals surface area contributed by atoms with E-state index < -0.39 is 46.2 Å². The van der Waals surface area contributed by atoms with Crippen LogP contribution in [0.4, 0.5) is 19.0 Å². The Bertz CT molecular complexity index is 1410. The molecule has 0 radical (unpaired) electrons. The third kappa shape index (κ3) is 3.52. The molecule has 1 aliphatic heterocycles. The molecule has 2 aromatic carbocycles. The van der Waals surface area contributed by atoms with Crippen LogP contribution in [0, 0.1) is 0 Å². The van der Waals surface area contributed by atoms with Crippen LogP contribution in [0.3, 0.4) is 0 Å². The maximum Gasteiger partial charge on any atom is 0.425 e. The van der Waals surface area contributed by atoms with E-state index in [-0.39, 0.29) is 16.3 Å². The highest BCUT2D eigenvalue weighted by atomic mass is 35.5. The molecule has 1 atom stereocenters.